The van der Waals surface area contributed by atoms with Crippen LogP contribution in [0, 0.1) is 0 Å². The number of rotatable bonds is 5. The van der Waals surface area contributed by atoms with Crippen LogP contribution in [-0.4, -0.2) is 16.1 Å². The van der Waals surface area contributed by atoms with Gasteiger partial charge in [-0.25, -0.2) is 4.98 Å². The van der Waals surface area contributed by atoms with Crippen molar-refractivity contribution < 1.29 is 0 Å². The zero-order chi connectivity index (χ0) is 11.4. The summed E-state index contributed by atoms with van der Waals surface area (Å²) in [5, 5.41) is 5.45. The maximum Gasteiger partial charge on any atom is 0.0954 e. The van der Waals surface area contributed by atoms with Crippen molar-refractivity contribution >= 4 is 11.3 Å². The summed E-state index contributed by atoms with van der Waals surface area (Å²) in [6.45, 7) is 6.19. The quantitative estimate of drug-likeness (QED) is 0.863. The van der Waals surface area contributed by atoms with Gasteiger partial charge >= 0.3 is 0 Å². The van der Waals surface area contributed by atoms with E-state index in [0.717, 1.165) is 13.1 Å². The number of nitrogens with one attached hydrogen (secondary N) is 1. The Balaban J connectivity index is 2.17. The Bertz CT molecular complexity index is 419. The van der Waals surface area contributed by atoms with E-state index in [2.05, 4.69) is 46.2 Å². The number of nitrogens with zero attached hydrogens (tertiary/aromatic N) is 2. The molecule has 2 aromatic heterocycles. The van der Waals surface area contributed by atoms with Crippen molar-refractivity contribution in [2.24, 2.45) is 0 Å². The lowest BCUT2D eigenvalue weighted by Gasteiger charge is -2.15. The first-order valence-corrected chi connectivity index (χ1v) is 6.45. The largest absolute Gasteiger partial charge is 0.325 e. The number of hydrogen-bond donors (Lipinski definition) is 1. The summed E-state index contributed by atoms with van der Waals surface area (Å²) in [7, 11) is 0. The van der Waals surface area contributed by atoms with E-state index in [1.807, 2.05) is 12.5 Å². The summed E-state index contributed by atoms with van der Waals surface area (Å²) in [5.41, 5.74) is 1.24. The van der Waals surface area contributed by atoms with Gasteiger partial charge in [0, 0.05) is 17.6 Å². The molecule has 2 aromatic rings. The predicted octanol–water partition coefficient (Wildman–Crippen LogP) is 2.66. The van der Waals surface area contributed by atoms with E-state index in [1.54, 1.807) is 11.3 Å². The molecule has 0 saturated carbocycles. The van der Waals surface area contributed by atoms with Gasteiger partial charge in [-0.2, -0.15) is 0 Å². The predicted molar refractivity (Wildman–Crippen MR) is 67.7 cm³/mol. The van der Waals surface area contributed by atoms with E-state index >= 15 is 0 Å². The van der Waals surface area contributed by atoms with Crippen molar-refractivity contribution in [1.29, 1.82) is 0 Å². The van der Waals surface area contributed by atoms with Crippen LogP contribution in [0.15, 0.2) is 30.0 Å². The average molecular weight is 235 g/mol. The molecule has 1 atom stereocenters. The third-order valence-electron chi connectivity index (χ3n) is 2.67. The van der Waals surface area contributed by atoms with Crippen LogP contribution in [0.3, 0.4) is 0 Å². The Hall–Kier alpha value is -1.13. The van der Waals surface area contributed by atoms with Crippen LogP contribution in [0.5, 0.6) is 0 Å². The maximum absolute atomic E-state index is 4.23. The van der Waals surface area contributed by atoms with E-state index in [-0.39, 0.29) is 0 Å². The molecule has 0 amide bonds. The first kappa shape index (κ1) is 11.4. The van der Waals surface area contributed by atoms with Crippen molar-refractivity contribution in [2.45, 2.75) is 26.4 Å². The third-order valence-corrected chi connectivity index (χ3v) is 3.72. The van der Waals surface area contributed by atoms with E-state index < -0.39 is 0 Å². The van der Waals surface area contributed by atoms with E-state index in [9.17, 15) is 0 Å². The SMILES string of the molecule is CCNCc1cncn1C(C)c1cccs1. The highest BCUT2D eigenvalue weighted by Gasteiger charge is 2.11. The minimum absolute atomic E-state index is 0.371. The van der Waals surface area contributed by atoms with Crippen molar-refractivity contribution in [3.8, 4) is 0 Å². The van der Waals surface area contributed by atoms with Gasteiger partial charge in [-0.15, -0.1) is 11.3 Å². The molecular weight excluding hydrogens is 218 g/mol. The van der Waals surface area contributed by atoms with Crippen LogP contribution < -0.4 is 5.32 Å². The van der Waals surface area contributed by atoms with Crippen molar-refractivity contribution in [2.75, 3.05) is 6.54 Å². The fraction of sp³-hybridized carbons (Fsp3) is 0.417. The van der Waals surface area contributed by atoms with Gasteiger partial charge in [0.1, 0.15) is 0 Å². The van der Waals surface area contributed by atoms with Crippen LogP contribution in [0.25, 0.3) is 0 Å². The van der Waals surface area contributed by atoms with E-state index in [0.29, 0.717) is 6.04 Å². The lowest BCUT2D eigenvalue weighted by molar-refractivity contribution is 0.589. The van der Waals surface area contributed by atoms with Gasteiger partial charge < -0.3 is 9.88 Å². The summed E-state index contributed by atoms with van der Waals surface area (Å²) in [4.78, 5) is 5.60. The average Bonchev–Trinajstić information content (AvgIpc) is 2.96. The zero-order valence-electron chi connectivity index (χ0n) is 9.68. The smallest absolute Gasteiger partial charge is 0.0954 e. The Labute approximate surface area is 100 Å². The standard InChI is InChI=1S/C12H17N3S/c1-3-13-7-11-8-14-9-15(11)10(2)12-5-4-6-16-12/h4-6,8-10,13H,3,7H2,1-2H3. The molecule has 2 rings (SSSR count). The first-order valence-electron chi connectivity index (χ1n) is 5.57. The summed E-state index contributed by atoms with van der Waals surface area (Å²) in [5.74, 6) is 0. The van der Waals surface area contributed by atoms with Gasteiger partial charge in [0.25, 0.3) is 0 Å². The van der Waals surface area contributed by atoms with Crippen molar-refractivity contribution in [3.05, 3.63) is 40.6 Å². The maximum atomic E-state index is 4.23. The molecule has 2 heterocycles. The molecule has 0 spiro atoms. The fourth-order valence-corrected chi connectivity index (χ4v) is 2.52. The Morgan fingerprint density at radius 2 is 2.44 bits per heavy atom. The van der Waals surface area contributed by atoms with Crippen LogP contribution in [0.1, 0.15) is 30.5 Å². The molecule has 0 aliphatic carbocycles. The number of thiophene rings is 1. The molecule has 0 bridgehead atoms. The molecule has 86 valence electrons. The molecule has 4 heteroatoms. The van der Waals surface area contributed by atoms with Crippen LogP contribution in [0.4, 0.5) is 0 Å². The molecule has 0 aromatic carbocycles. The topological polar surface area (TPSA) is 29.9 Å². The summed E-state index contributed by atoms with van der Waals surface area (Å²) < 4.78 is 2.23. The summed E-state index contributed by atoms with van der Waals surface area (Å²) in [6, 6.07) is 4.64. The van der Waals surface area contributed by atoms with E-state index in [1.165, 1.54) is 10.6 Å². The molecule has 1 N–H and O–H groups in total. The van der Waals surface area contributed by atoms with Gasteiger partial charge in [-0.3, -0.25) is 0 Å². The second-order valence-corrected chi connectivity index (χ2v) is 4.74. The monoisotopic (exact) mass is 235 g/mol. The molecule has 1 unspecified atom stereocenters. The zero-order valence-corrected chi connectivity index (χ0v) is 10.5. The highest BCUT2D eigenvalue weighted by molar-refractivity contribution is 7.10. The molecule has 0 aliphatic rings. The Kier molecular flexibility index (Phi) is 3.74. The minimum Gasteiger partial charge on any atom is -0.325 e. The van der Waals surface area contributed by atoms with Gasteiger partial charge in [-0.1, -0.05) is 13.0 Å². The lowest BCUT2D eigenvalue weighted by atomic mass is 10.2. The van der Waals surface area contributed by atoms with E-state index in [4.69, 9.17) is 0 Å². The minimum atomic E-state index is 0.371. The summed E-state index contributed by atoms with van der Waals surface area (Å²) >= 11 is 1.79. The fourth-order valence-electron chi connectivity index (χ4n) is 1.74. The van der Waals surface area contributed by atoms with Crippen LogP contribution >= 0.6 is 11.3 Å². The van der Waals surface area contributed by atoms with Crippen LogP contribution in [0.2, 0.25) is 0 Å². The number of hydrogen-bond acceptors (Lipinski definition) is 3. The molecule has 0 fully saturated rings. The second-order valence-electron chi connectivity index (χ2n) is 3.76. The highest BCUT2D eigenvalue weighted by atomic mass is 32.1. The Morgan fingerprint density at radius 3 is 3.12 bits per heavy atom. The molecule has 16 heavy (non-hydrogen) atoms. The molecule has 0 saturated heterocycles. The first-order chi connectivity index (χ1) is 7.83. The van der Waals surface area contributed by atoms with Gasteiger partial charge in [0.15, 0.2) is 0 Å². The van der Waals surface area contributed by atoms with Gasteiger partial charge in [0.2, 0.25) is 0 Å². The van der Waals surface area contributed by atoms with Crippen molar-refractivity contribution in [3.63, 3.8) is 0 Å². The lowest BCUT2D eigenvalue weighted by Crippen LogP contribution is -2.17. The van der Waals surface area contributed by atoms with Crippen molar-refractivity contribution in [1.82, 2.24) is 14.9 Å². The molecular formula is C12H17N3S. The molecule has 0 radical (unpaired) electrons. The molecule has 3 nitrogen and oxygen atoms in total. The summed E-state index contributed by atoms with van der Waals surface area (Å²) in [6.07, 6.45) is 3.85. The van der Waals surface area contributed by atoms with Crippen LogP contribution in [-0.2, 0) is 6.54 Å². The Morgan fingerprint density at radius 1 is 1.56 bits per heavy atom. The third kappa shape index (κ3) is 2.33. The van der Waals surface area contributed by atoms with Gasteiger partial charge in [-0.05, 0) is 24.9 Å². The second kappa shape index (κ2) is 5.27. The number of aromatic nitrogens is 2. The molecule has 0 aliphatic heterocycles. The van der Waals surface area contributed by atoms with Gasteiger partial charge in [0.05, 0.1) is 18.1 Å². The normalized spacial score (nSPS) is 12.9. The number of imidazole rings is 1. The highest BCUT2D eigenvalue weighted by Crippen LogP contribution is 2.23.